The summed E-state index contributed by atoms with van der Waals surface area (Å²) in [6.45, 7) is 1.96. The van der Waals surface area contributed by atoms with E-state index in [9.17, 15) is 19.5 Å². The lowest BCUT2D eigenvalue weighted by Gasteiger charge is -2.09. The van der Waals surface area contributed by atoms with Gasteiger partial charge in [0.25, 0.3) is 5.56 Å². The maximum absolute atomic E-state index is 11.9. The molecule has 0 aliphatic heterocycles. The number of hydrogen-bond donors (Lipinski definition) is 3. The van der Waals surface area contributed by atoms with Crippen LogP contribution in [0.5, 0.6) is 5.88 Å². The van der Waals surface area contributed by atoms with Crippen LogP contribution in [0.3, 0.4) is 0 Å². The van der Waals surface area contributed by atoms with Crippen molar-refractivity contribution in [1.29, 1.82) is 0 Å². The van der Waals surface area contributed by atoms with Gasteiger partial charge < -0.3 is 5.11 Å². The van der Waals surface area contributed by atoms with Gasteiger partial charge in [-0.05, 0) is 18.6 Å². The second kappa shape index (κ2) is 7.91. The van der Waals surface area contributed by atoms with Crippen molar-refractivity contribution in [3.05, 3.63) is 56.7 Å². The number of amides is 1. The fourth-order valence-corrected chi connectivity index (χ4v) is 2.03. The molecule has 0 radical (unpaired) electrons. The summed E-state index contributed by atoms with van der Waals surface area (Å²) in [5, 5.41) is 13.9. The number of rotatable bonds is 6. The minimum Gasteiger partial charge on any atom is -0.493 e. The molecule has 0 spiro atoms. The van der Waals surface area contributed by atoms with E-state index in [1.165, 1.54) is 0 Å². The van der Waals surface area contributed by atoms with Gasteiger partial charge in [-0.1, -0.05) is 31.5 Å². The first kappa shape index (κ1) is 17.2. The highest BCUT2D eigenvalue weighted by Crippen LogP contribution is 2.14. The molecule has 0 aliphatic rings. The molecule has 1 aromatic carbocycles. The zero-order valence-electron chi connectivity index (χ0n) is 13.2. The van der Waals surface area contributed by atoms with Crippen molar-refractivity contribution in [2.24, 2.45) is 5.10 Å². The van der Waals surface area contributed by atoms with Crippen molar-refractivity contribution >= 4 is 12.1 Å². The van der Waals surface area contributed by atoms with Crippen LogP contribution in [0, 0.1) is 0 Å². The minimum absolute atomic E-state index is 0.228. The van der Waals surface area contributed by atoms with Gasteiger partial charge in [0.15, 0.2) is 0 Å². The fraction of sp³-hybridized carbons (Fsp3) is 0.250. The van der Waals surface area contributed by atoms with E-state index in [0.717, 1.165) is 23.6 Å². The third kappa shape index (κ3) is 3.97. The Labute approximate surface area is 137 Å². The van der Waals surface area contributed by atoms with Crippen molar-refractivity contribution in [2.45, 2.75) is 26.2 Å². The lowest BCUT2D eigenvalue weighted by molar-refractivity contribution is -0.121. The number of aromatic nitrogens is 2. The third-order valence-electron chi connectivity index (χ3n) is 3.28. The summed E-state index contributed by atoms with van der Waals surface area (Å²) >= 11 is 0. The Hall–Kier alpha value is -3.16. The molecule has 0 saturated heterocycles. The van der Waals surface area contributed by atoms with Crippen molar-refractivity contribution in [3.8, 4) is 11.6 Å². The maximum Gasteiger partial charge on any atom is 0.335 e. The molecule has 126 valence electrons. The van der Waals surface area contributed by atoms with Gasteiger partial charge in [-0.3, -0.25) is 14.6 Å². The van der Waals surface area contributed by atoms with Crippen LogP contribution >= 0.6 is 0 Å². The molecule has 2 aromatic rings. The molecular formula is C16H18N4O4. The van der Waals surface area contributed by atoms with E-state index in [2.05, 4.69) is 15.5 Å². The molecule has 0 unspecified atom stereocenters. The predicted molar refractivity (Wildman–Crippen MR) is 89.6 cm³/mol. The number of nitrogens with zero attached hydrogens (tertiary/aromatic N) is 2. The van der Waals surface area contributed by atoms with Crippen LogP contribution in [0.15, 0.2) is 45.0 Å². The summed E-state index contributed by atoms with van der Waals surface area (Å²) in [7, 11) is 0. The quantitative estimate of drug-likeness (QED) is 0.538. The molecule has 8 heteroatoms. The van der Waals surface area contributed by atoms with Crippen LogP contribution in [-0.4, -0.2) is 26.8 Å². The van der Waals surface area contributed by atoms with Gasteiger partial charge in [0, 0.05) is 6.42 Å². The van der Waals surface area contributed by atoms with E-state index in [0.29, 0.717) is 12.1 Å². The molecule has 0 fully saturated rings. The maximum atomic E-state index is 11.9. The Morgan fingerprint density at radius 3 is 2.71 bits per heavy atom. The molecule has 1 heterocycles. The number of aromatic hydroxyl groups is 1. The van der Waals surface area contributed by atoms with E-state index in [1.54, 1.807) is 30.3 Å². The van der Waals surface area contributed by atoms with E-state index in [4.69, 9.17) is 0 Å². The third-order valence-corrected chi connectivity index (χ3v) is 3.28. The number of benzene rings is 1. The topological polar surface area (TPSA) is 117 Å². The summed E-state index contributed by atoms with van der Waals surface area (Å²) in [5.41, 5.74) is 0.867. The van der Waals surface area contributed by atoms with E-state index >= 15 is 0 Å². The molecule has 0 bridgehead atoms. The molecule has 8 nitrogen and oxygen atoms in total. The largest absolute Gasteiger partial charge is 0.493 e. The van der Waals surface area contributed by atoms with Gasteiger partial charge in [0.1, 0.15) is 5.56 Å². The molecular weight excluding hydrogens is 312 g/mol. The van der Waals surface area contributed by atoms with Gasteiger partial charge in [-0.15, -0.1) is 0 Å². The first-order chi connectivity index (χ1) is 11.5. The number of unbranched alkanes of at least 4 members (excludes halogenated alkanes) is 1. The average Bonchev–Trinajstić information content (AvgIpc) is 2.56. The second-order valence-corrected chi connectivity index (χ2v) is 5.06. The standard InChI is InChI=1S/C16H18N4O4/c1-2-3-9-13(21)19-17-10-12-14(22)18-16(24)20(15(12)23)11-7-5-4-6-8-11/h4-8,10,23H,2-3,9H2,1H3,(H,19,21)(H,18,22,24)/b17-10-. The Bertz CT molecular complexity index is 853. The van der Waals surface area contributed by atoms with Crippen molar-refractivity contribution < 1.29 is 9.90 Å². The fourth-order valence-electron chi connectivity index (χ4n) is 2.03. The molecule has 0 saturated carbocycles. The Morgan fingerprint density at radius 2 is 2.04 bits per heavy atom. The molecule has 1 aromatic heterocycles. The number of aromatic amines is 1. The zero-order chi connectivity index (χ0) is 17.5. The molecule has 2 rings (SSSR count). The van der Waals surface area contributed by atoms with Crippen molar-refractivity contribution in [2.75, 3.05) is 0 Å². The lowest BCUT2D eigenvalue weighted by atomic mass is 10.2. The van der Waals surface area contributed by atoms with Crippen molar-refractivity contribution in [1.82, 2.24) is 15.0 Å². The molecule has 0 aliphatic carbocycles. The highest BCUT2D eigenvalue weighted by atomic mass is 16.3. The van der Waals surface area contributed by atoms with Crippen LogP contribution in [0.4, 0.5) is 0 Å². The number of para-hydroxylation sites is 1. The second-order valence-electron chi connectivity index (χ2n) is 5.06. The van der Waals surface area contributed by atoms with E-state index in [-0.39, 0.29) is 11.5 Å². The van der Waals surface area contributed by atoms with Crippen molar-refractivity contribution in [3.63, 3.8) is 0 Å². The normalized spacial score (nSPS) is 10.9. The number of carbonyl (C=O) groups excluding carboxylic acids is 1. The Morgan fingerprint density at radius 1 is 1.33 bits per heavy atom. The molecule has 1 amide bonds. The number of hydrazone groups is 1. The summed E-state index contributed by atoms with van der Waals surface area (Å²) in [4.78, 5) is 37.4. The predicted octanol–water partition coefficient (Wildman–Crippen LogP) is 0.872. The minimum atomic E-state index is -0.795. The number of carbonyl (C=O) groups is 1. The molecule has 3 N–H and O–H groups in total. The van der Waals surface area contributed by atoms with Gasteiger partial charge in [0.2, 0.25) is 11.8 Å². The van der Waals surface area contributed by atoms with Gasteiger partial charge >= 0.3 is 5.69 Å². The summed E-state index contributed by atoms with van der Waals surface area (Å²) in [6.07, 6.45) is 2.93. The Balaban J connectivity index is 2.33. The van der Waals surface area contributed by atoms with Gasteiger partial charge in [0.05, 0.1) is 11.9 Å². The lowest BCUT2D eigenvalue weighted by Crippen LogP contribution is -2.31. The van der Waals surface area contributed by atoms with Gasteiger partial charge in [-0.25, -0.2) is 14.8 Å². The highest BCUT2D eigenvalue weighted by Gasteiger charge is 2.14. The first-order valence-corrected chi connectivity index (χ1v) is 7.50. The van der Waals surface area contributed by atoms with Crippen LogP contribution in [0.25, 0.3) is 5.69 Å². The first-order valence-electron chi connectivity index (χ1n) is 7.50. The SMILES string of the molecule is CCCCC(=O)N/N=C\c1c(O)n(-c2ccccc2)c(=O)[nH]c1=O. The monoisotopic (exact) mass is 330 g/mol. The molecule has 24 heavy (non-hydrogen) atoms. The molecule has 0 atom stereocenters. The van der Waals surface area contributed by atoms with Crippen LogP contribution in [-0.2, 0) is 4.79 Å². The van der Waals surface area contributed by atoms with Gasteiger partial charge in [-0.2, -0.15) is 5.10 Å². The average molecular weight is 330 g/mol. The van der Waals surface area contributed by atoms with E-state index in [1.807, 2.05) is 6.92 Å². The Kier molecular flexibility index (Phi) is 5.67. The summed E-state index contributed by atoms with van der Waals surface area (Å²) in [6, 6.07) is 8.34. The zero-order valence-corrected chi connectivity index (χ0v) is 13.2. The van der Waals surface area contributed by atoms with Crippen LogP contribution in [0.2, 0.25) is 0 Å². The summed E-state index contributed by atoms with van der Waals surface area (Å²) in [5.74, 6) is -0.845. The number of hydrogen-bond acceptors (Lipinski definition) is 5. The van der Waals surface area contributed by atoms with E-state index < -0.39 is 17.1 Å². The smallest absolute Gasteiger partial charge is 0.335 e. The summed E-state index contributed by atoms with van der Waals surface area (Å²) < 4.78 is 0.946. The van der Waals surface area contributed by atoms with Crippen LogP contribution < -0.4 is 16.7 Å². The number of H-pyrrole nitrogens is 1. The highest BCUT2D eigenvalue weighted by molar-refractivity contribution is 5.84. The number of nitrogens with one attached hydrogen (secondary N) is 2. The van der Waals surface area contributed by atoms with Crippen LogP contribution in [0.1, 0.15) is 31.7 Å².